The molecule has 3 atom stereocenters. The zero-order valence-electron chi connectivity index (χ0n) is 11.7. The van der Waals surface area contributed by atoms with Crippen molar-refractivity contribution >= 4 is 39.1 Å². The molecule has 2 rings (SSSR count). The highest BCUT2D eigenvalue weighted by Gasteiger charge is 2.42. The first-order valence-corrected chi connectivity index (χ1v) is 8.04. The summed E-state index contributed by atoms with van der Waals surface area (Å²) in [5.74, 6) is 0.822. The lowest BCUT2D eigenvalue weighted by atomic mass is 9.70. The second-order valence-corrected chi connectivity index (χ2v) is 7.16. The van der Waals surface area contributed by atoms with Gasteiger partial charge in [0.15, 0.2) is 0 Å². The van der Waals surface area contributed by atoms with Gasteiger partial charge in [0.25, 0.3) is 0 Å². The van der Waals surface area contributed by atoms with Crippen LogP contribution >= 0.6 is 27.5 Å². The van der Waals surface area contributed by atoms with E-state index >= 15 is 0 Å². The van der Waals surface area contributed by atoms with Crippen LogP contribution in [0.4, 0.5) is 5.69 Å². The molecule has 0 bridgehead atoms. The Balaban J connectivity index is 2.25. The van der Waals surface area contributed by atoms with Crippen LogP contribution in [-0.4, -0.2) is 11.4 Å². The summed E-state index contributed by atoms with van der Waals surface area (Å²) in [6.45, 7) is 4.41. The van der Waals surface area contributed by atoms with Crippen LogP contribution in [0.1, 0.15) is 33.1 Å². The molecule has 1 aromatic rings. The Morgan fingerprint density at radius 1 is 1.45 bits per heavy atom. The van der Waals surface area contributed by atoms with E-state index in [1.165, 1.54) is 0 Å². The van der Waals surface area contributed by atoms with Crippen molar-refractivity contribution in [3.05, 3.63) is 27.7 Å². The quantitative estimate of drug-likeness (QED) is 0.850. The summed E-state index contributed by atoms with van der Waals surface area (Å²) in [6, 6.07) is 5.56. The number of rotatable bonds is 3. The number of amides is 1. The molecule has 110 valence electrons. The molecule has 0 aliphatic heterocycles. The summed E-state index contributed by atoms with van der Waals surface area (Å²) in [4.78, 5) is 12.0. The number of carbonyl (C=O) groups excluding carboxylic acids is 1. The minimum absolute atomic E-state index is 0.276. The second-order valence-electron chi connectivity index (χ2n) is 5.90. The summed E-state index contributed by atoms with van der Waals surface area (Å²) in [5, 5.41) is 4.00. The molecule has 0 aromatic heterocycles. The third kappa shape index (κ3) is 3.12. The number of hydrogen-bond donors (Lipinski definition) is 2. The summed E-state index contributed by atoms with van der Waals surface area (Å²) >= 11 is 9.40. The van der Waals surface area contributed by atoms with E-state index in [0.29, 0.717) is 16.9 Å². The van der Waals surface area contributed by atoms with E-state index < -0.39 is 5.54 Å². The molecule has 0 heterocycles. The molecule has 1 aliphatic carbocycles. The average molecular weight is 360 g/mol. The molecule has 3 N–H and O–H groups in total. The smallest absolute Gasteiger partial charge is 0.243 e. The zero-order valence-corrected chi connectivity index (χ0v) is 14.1. The van der Waals surface area contributed by atoms with Gasteiger partial charge in [-0.05, 0) is 65.2 Å². The molecular formula is C15H20BrClN2O. The van der Waals surface area contributed by atoms with E-state index in [9.17, 15) is 4.79 Å². The maximum atomic E-state index is 12.0. The average Bonchev–Trinajstić information content (AvgIpc) is 2.38. The molecule has 20 heavy (non-hydrogen) atoms. The number of benzene rings is 1. The lowest BCUT2D eigenvalue weighted by molar-refractivity contribution is -0.124. The molecule has 1 amide bonds. The molecule has 0 radical (unpaired) electrons. The number of nitrogens with one attached hydrogen (secondary N) is 1. The number of primary amides is 1. The van der Waals surface area contributed by atoms with E-state index in [0.717, 1.165) is 29.4 Å². The number of anilines is 1. The summed E-state index contributed by atoms with van der Waals surface area (Å²) in [6.07, 6.45) is 2.55. The van der Waals surface area contributed by atoms with E-state index in [4.69, 9.17) is 17.3 Å². The van der Waals surface area contributed by atoms with Gasteiger partial charge in [-0.25, -0.2) is 0 Å². The van der Waals surface area contributed by atoms with Crippen molar-refractivity contribution in [2.24, 2.45) is 17.6 Å². The monoisotopic (exact) mass is 358 g/mol. The van der Waals surface area contributed by atoms with Crippen LogP contribution in [0.2, 0.25) is 5.02 Å². The first-order chi connectivity index (χ1) is 9.34. The summed E-state index contributed by atoms with van der Waals surface area (Å²) < 4.78 is 0.806. The summed E-state index contributed by atoms with van der Waals surface area (Å²) in [7, 11) is 0. The number of hydrogen-bond acceptors (Lipinski definition) is 2. The molecule has 1 fully saturated rings. The fourth-order valence-corrected chi connectivity index (χ4v) is 3.36. The van der Waals surface area contributed by atoms with Gasteiger partial charge < -0.3 is 11.1 Å². The van der Waals surface area contributed by atoms with Crippen LogP contribution in [0.15, 0.2) is 22.7 Å². The Labute approximate surface area is 133 Å². The highest BCUT2D eigenvalue weighted by atomic mass is 79.9. The maximum Gasteiger partial charge on any atom is 0.243 e. The van der Waals surface area contributed by atoms with Gasteiger partial charge >= 0.3 is 0 Å². The molecule has 0 saturated heterocycles. The first kappa shape index (κ1) is 15.6. The predicted octanol–water partition coefficient (Wildman–Crippen LogP) is 4.19. The van der Waals surface area contributed by atoms with Crippen LogP contribution in [0.25, 0.3) is 0 Å². The van der Waals surface area contributed by atoms with Gasteiger partial charge in [-0.15, -0.1) is 0 Å². The molecule has 5 heteroatoms. The summed E-state index contributed by atoms with van der Waals surface area (Å²) in [5.41, 5.74) is 5.90. The minimum Gasteiger partial charge on any atom is -0.371 e. The van der Waals surface area contributed by atoms with Gasteiger partial charge in [0.1, 0.15) is 5.54 Å². The highest BCUT2D eigenvalue weighted by molar-refractivity contribution is 9.10. The third-order valence-corrected chi connectivity index (χ3v) is 5.66. The fraction of sp³-hybridized carbons (Fsp3) is 0.533. The van der Waals surface area contributed by atoms with E-state index in [-0.39, 0.29) is 5.91 Å². The predicted molar refractivity (Wildman–Crippen MR) is 86.9 cm³/mol. The Bertz CT molecular complexity index is 523. The first-order valence-electron chi connectivity index (χ1n) is 6.87. The third-order valence-electron chi connectivity index (χ3n) is 4.44. The lowest BCUT2D eigenvalue weighted by Gasteiger charge is -2.41. The van der Waals surface area contributed by atoms with Crippen molar-refractivity contribution in [1.82, 2.24) is 0 Å². The van der Waals surface area contributed by atoms with E-state index in [1.54, 1.807) is 6.07 Å². The van der Waals surface area contributed by atoms with E-state index in [2.05, 4.69) is 35.1 Å². The van der Waals surface area contributed by atoms with Gasteiger partial charge in [-0.1, -0.05) is 25.4 Å². The molecule has 3 unspecified atom stereocenters. The van der Waals surface area contributed by atoms with Crippen LogP contribution < -0.4 is 11.1 Å². The molecule has 1 aliphatic rings. The van der Waals surface area contributed by atoms with E-state index in [1.807, 2.05) is 12.1 Å². The Kier molecular flexibility index (Phi) is 4.65. The highest BCUT2D eigenvalue weighted by Crippen LogP contribution is 2.39. The van der Waals surface area contributed by atoms with Crippen molar-refractivity contribution in [3.8, 4) is 0 Å². The van der Waals surface area contributed by atoms with Crippen LogP contribution in [0.3, 0.4) is 0 Å². The van der Waals surface area contributed by atoms with Crippen molar-refractivity contribution < 1.29 is 4.79 Å². The van der Waals surface area contributed by atoms with Crippen molar-refractivity contribution in [1.29, 1.82) is 0 Å². The molecule has 1 saturated carbocycles. The van der Waals surface area contributed by atoms with Crippen LogP contribution in [-0.2, 0) is 4.79 Å². The van der Waals surface area contributed by atoms with Gasteiger partial charge in [0.2, 0.25) is 5.91 Å². The Morgan fingerprint density at radius 3 is 2.70 bits per heavy atom. The largest absolute Gasteiger partial charge is 0.371 e. The topological polar surface area (TPSA) is 55.1 Å². The van der Waals surface area contributed by atoms with Crippen LogP contribution in [0.5, 0.6) is 0 Å². The Morgan fingerprint density at radius 2 is 2.15 bits per heavy atom. The number of halogens is 2. The standard InChI is InChI=1S/C15H20BrClN2O/c1-9-5-6-15(14(18)20,8-10(9)2)19-11-3-4-13(17)12(16)7-11/h3-4,7,9-10,19H,5-6,8H2,1-2H3,(H2,18,20). The molecule has 3 nitrogen and oxygen atoms in total. The molecular weight excluding hydrogens is 340 g/mol. The lowest BCUT2D eigenvalue weighted by Crippen LogP contribution is -2.54. The van der Waals surface area contributed by atoms with Gasteiger partial charge in [0, 0.05) is 10.2 Å². The number of carbonyl (C=O) groups is 1. The molecule has 0 spiro atoms. The van der Waals surface area contributed by atoms with Gasteiger partial charge in [0.05, 0.1) is 5.02 Å². The second kappa shape index (κ2) is 5.94. The Hall–Kier alpha value is -0.740. The van der Waals surface area contributed by atoms with Crippen molar-refractivity contribution in [2.75, 3.05) is 5.32 Å². The van der Waals surface area contributed by atoms with Crippen molar-refractivity contribution in [2.45, 2.75) is 38.6 Å². The molecule has 1 aromatic carbocycles. The van der Waals surface area contributed by atoms with Crippen molar-refractivity contribution in [3.63, 3.8) is 0 Å². The fourth-order valence-electron chi connectivity index (χ4n) is 2.86. The van der Waals surface area contributed by atoms with Gasteiger partial charge in [-0.3, -0.25) is 4.79 Å². The minimum atomic E-state index is -0.654. The van der Waals surface area contributed by atoms with Crippen LogP contribution in [0, 0.1) is 11.8 Å². The number of nitrogens with two attached hydrogens (primary N) is 1. The normalized spacial score (nSPS) is 30.0. The maximum absolute atomic E-state index is 12.0. The van der Waals surface area contributed by atoms with Gasteiger partial charge in [-0.2, -0.15) is 0 Å². The zero-order chi connectivity index (χ0) is 14.9. The SMILES string of the molecule is CC1CCC(Nc2ccc(Cl)c(Br)c2)(C(N)=O)CC1C.